The van der Waals surface area contributed by atoms with Gasteiger partial charge in [0.15, 0.2) is 11.0 Å². The molecule has 34 heavy (non-hydrogen) atoms. The van der Waals surface area contributed by atoms with E-state index in [0.29, 0.717) is 31.9 Å². The second-order valence-electron chi connectivity index (χ2n) is 8.28. The van der Waals surface area contributed by atoms with Crippen molar-refractivity contribution in [3.05, 3.63) is 60.2 Å². The zero-order chi connectivity index (χ0) is 23.9. The summed E-state index contributed by atoms with van der Waals surface area (Å²) in [6, 6.07) is 17.5. The maximum Gasteiger partial charge on any atom is 0.321 e. The number of piperazine rings is 1. The van der Waals surface area contributed by atoms with Gasteiger partial charge in [-0.3, -0.25) is 4.79 Å². The standard InChI is InChI=1S/C25H30N6O2S/c1-3-12-31-23(20-9-7-8-19(2)17-20)27-28-25(31)34-18-22(32)29-13-15-30(16-14-29)24(33)26-21-10-5-4-6-11-21/h4-11,17H,3,12-16,18H2,1-2H3,(H,26,33). The number of nitrogens with one attached hydrogen (secondary N) is 1. The van der Waals surface area contributed by atoms with E-state index in [1.807, 2.05) is 47.4 Å². The highest BCUT2D eigenvalue weighted by Gasteiger charge is 2.25. The number of amides is 3. The van der Waals surface area contributed by atoms with Gasteiger partial charge in [0.2, 0.25) is 5.91 Å². The summed E-state index contributed by atoms with van der Waals surface area (Å²) in [5.74, 6) is 1.18. The molecule has 0 atom stereocenters. The number of aromatic nitrogens is 3. The second kappa shape index (κ2) is 11.2. The zero-order valence-corrected chi connectivity index (χ0v) is 20.4. The number of hydrogen-bond donors (Lipinski definition) is 1. The fourth-order valence-electron chi connectivity index (χ4n) is 3.92. The Balaban J connectivity index is 1.31. The van der Waals surface area contributed by atoms with Crippen molar-refractivity contribution in [3.63, 3.8) is 0 Å². The van der Waals surface area contributed by atoms with Gasteiger partial charge >= 0.3 is 6.03 Å². The van der Waals surface area contributed by atoms with Gasteiger partial charge in [0, 0.05) is 44.0 Å². The summed E-state index contributed by atoms with van der Waals surface area (Å²) in [6.45, 7) is 7.05. The number of para-hydroxylation sites is 1. The fourth-order valence-corrected chi connectivity index (χ4v) is 4.79. The lowest BCUT2D eigenvalue weighted by molar-refractivity contribution is -0.129. The maximum atomic E-state index is 12.9. The molecule has 0 aliphatic carbocycles. The molecular formula is C25H30N6O2S. The van der Waals surface area contributed by atoms with Gasteiger partial charge in [-0.05, 0) is 31.5 Å². The minimum atomic E-state index is -0.135. The number of carbonyl (C=O) groups is 2. The third-order valence-electron chi connectivity index (χ3n) is 5.71. The molecule has 1 N–H and O–H groups in total. The average molecular weight is 479 g/mol. The van der Waals surface area contributed by atoms with Crippen molar-refractivity contribution in [1.82, 2.24) is 24.6 Å². The molecule has 178 valence electrons. The Morgan fingerprint density at radius 2 is 1.71 bits per heavy atom. The molecule has 2 aromatic carbocycles. The van der Waals surface area contributed by atoms with E-state index in [0.717, 1.165) is 35.2 Å². The third kappa shape index (κ3) is 5.77. The van der Waals surface area contributed by atoms with Crippen molar-refractivity contribution in [1.29, 1.82) is 0 Å². The smallest absolute Gasteiger partial charge is 0.321 e. The number of nitrogens with zero attached hydrogens (tertiary/aromatic N) is 5. The molecule has 1 aliphatic rings. The minimum absolute atomic E-state index is 0.0521. The molecule has 0 saturated carbocycles. The number of benzene rings is 2. The van der Waals surface area contributed by atoms with Crippen molar-refractivity contribution >= 4 is 29.4 Å². The Kier molecular flexibility index (Phi) is 7.84. The van der Waals surface area contributed by atoms with Crippen molar-refractivity contribution in [2.45, 2.75) is 32.0 Å². The molecule has 1 saturated heterocycles. The first-order valence-electron chi connectivity index (χ1n) is 11.6. The highest BCUT2D eigenvalue weighted by molar-refractivity contribution is 7.99. The Bertz CT molecular complexity index is 1130. The van der Waals surface area contributed by atoms with Gasteiger partial charge in [-0.2, -0.15) is 0 Å². The topological polar surface area (TPSA) is 83.4 Å². The van der Waals surface area contributed by atoms with Crippen LogP contribution in [0.2, 0.25) is 0 Å². The summed E-state index contributed by atoms with van der Waals surface area (Å²) in [4.78, 5) is 28.9. The molecule has 0 radical (unpaired) electrons. The Hall–Kier alpha value is -3.33. The van der Waals surface area contributed by atoms with Crippen LogP contribution in [0.3, 0.4) is 0 Å². The van der Waals surface area contributed by atoms with Gasteiger partial charge in [-0.25, -0.2) is 4.79 Å². The van der Waals surface area contributed by atoms with Crippen molar-refractivity contribution in [3.8, 4) is 11.4 Å². The average Bonchev–Trinajstić information content (AvgIpc) is 3.26. The van der Waals surface area contributed by atoms with E-state index in [2.05, 4.69) is 46.1 Å². The molecule has 8 nitrogen and oxygen atoms in total. The van der Waals surface area contributed by atoms with E-state index in [-0.39, 0.29) is 11.9 Å². The predicted octanol–water partition coefficient (Wildman–Crippen LogP) is 4.13. The number of anilines is 1. The summed E-state index contributed by atoms with van der Waals surface area (Å²) < 4.78 is 2.10. The lowest BCUT2D eigenvalue weighted by Gasteiger charge is -2.34. The molecule has 3 aromatic rings. The molecule has 4 rings (SSSR count). The summed E-state index contributed by atoms with van der Waals surface area (Å²) >= 11 is 1.42. The van der Waals surface area contributed by atoms with Crippen LogP contribution >= 0.6 is 11.8 Å². The lowest BCUT2D eigenvalue weighted by atomic mass is 10.1. The molecule has 0 unspecified atom stereocenters. The Morgan fingerprint density at radius 1 is 0.971 bits per heavy atom. The number of rotatable bonds is 7. The van der Waals surface area contributed by atoms with Crippen LogP contribution in [0.25, 0.3) is 11.4 Å². The van der Waals surface area contributed by atoms with Crippen LogP contribution in [-0.2, 0) is 11.3 Å². The van der Waals surface area contributed by atoms with E-state index in [1.165, 1.54) is 17.3 Å². The maximum absolute atomic E-state index is 12.9. The first kappa shape index (κ1) is 23.8. The SMILES string of the molecule is CCCn1c(SCC(=O)N2CCN(C(=O)Nc3ccccc3)CC2)nnc1-c1cccc(C)c1. The first-order valence-corrected chi connectivity index (χ1v) is 12.6. The molecule has 0 spiro atoms. The highest BCUT2D eigenvalue weighted by Crippen LogP contribution is 2.25. The normalized spacial score (nSPS) is 13.7. The van der Waals surface area contributed by atoms with Crippen LogP contribution in [0.15, 0.2) is 59.8 Å². The molecule has 9 heteroatoms. The number of thioether (sulfide) groups is 1. The molecular weight excluding hydrogens is 448 g/mol. The van der Waals surface area contributed by atoms with Crippen LogP contribution in [0.5, 0.6) is 0 Å². The largest absolute Gasteiger partial charge is 0.338 e. The van der Waals surface area contributed by atoms with Crippen molar-refractivity contribution in [2.24, 2.45) is 0 Å². The second-order valence-corrected chi connectivity index (χ2v) is 9.22. The van der Waals surface area contributed by atoms with E-state index in [4.69, 9.17) is 0 Å². The molecule has 1 aliphatic heterocycles. The number of carbonyl (C=O) groups excluding carboxylic acids is 2. The molecule has 1 aromatic heterocycles. The molecule has 1 fully saturated rings. The van der Waals surface area contributed by atoms with Crippen LogP contribution < -0.4 is 5.32 Å². The van der Waals surface area contributed by atoms with Gasteiger partial charge in [0.25, 0.3) is 0 Å². The number of urea groups is 1. The highest BCUT2D eigenvalue weighted by atomic mass is 32.2. The first-order chi connectivity index (χ1) is 16.5. The van der Waals surface area contributed by atoms with E-state index >= 15 is 0 Å². The Morgan fingerprint density at radius 3 is 2.41 bits per heavy atom. The molecule has 0 bridgehead atoms. The van der Waals surface area contributed by atoms with Crippen molar-refractivity contribution < 1.29 is 9.59 Å². The van der Waals surface area contributed by atoms with Gasteiger partial charge in [0.1, 0.15) is 0 Å². The van der Waals surface area contributed by atoms with E-state index < -0.39 is 0 Å². The van der Waals surface area contributed by atoms with Crippen LogP contribution in [-0.4, -0.2) is 68.4 Å². The summed E-state index contributed by atoms with van der Waals surface area (Å²) in [6.07, 6.45) is 0.950. The van der Waals surface area contributed by atoms with Crippen molar-refractivity contribution in [2.75, 3.05) is 37.2 Å². The monoisotopic (exact) mass is 478 g/mol. The zero-order valence-electron chi connectivity index (χ0n) is 19.6. The van der Waals surface area contributed by atoms with Crippen LogP contribution in [0.4, 0.5) is 10.5 Å². The fraction of sp³-hybridized carbons (Fsp3) is 0.360. The van der Waals surface area contributed by atoms with E-state index in [9.17, 15) is 9.59 Å². The number of hydrogen-bond acceptors (Lipinski definition) is 5. The Labute approximate surface area is 204 Å². The minimum Gasteiger partial charge on any atom is -0.338 e. The van der Waals surface area contributed by atoms with Gasteiger partial charge < -0.3 is 19.7 Å². The quantitative estimate of drug-likeness (QED) is 0.516. The van der Waals surface area contributed by atoms with Crippen LogP contribution in [0.1, 0.15) is 18.9 Å². The molecule has 2 heterocycles. The number of aryl methyl sites for hydroxylation is 1. The summed E-state index contributed by atoms with van der Waals surface area (Å²) in [5.41, 5.74) is 2.97. The van der Waals surface area contributed by atoms with Crippen LogP contribution in [0, 0.1) is 6.92 Å². The lowest BCUT2D eigenvalue weighted by Crippen LogP contribution is -2.52. The van der Waals surface area contributed by atoms with E-state index in [1.54, 1.807) is 4.90 Å². The molecule has 3 amide bonds. The predicted molar refractivity (Wildman–Crippen MR) is 135 cm³/mol. The summed E-state index contributed by atoms with van der Waals surface area (Å²) in [7, 11) is 0. The van der Waals surface area contributed by atoms with Gasteiger partial charge in [-0.15, -0.1) is 10.2 Å². The van der Waals surface area contributed by atoms with Gasteiger partial charge in [-0.1, -0.05) is 60.6 Å². The van der Waals surface area contributed by atoms with Gasteiger partial charge in [0.05, 0.1) is 5.75 Å². The summed E-state index contributed by atoms with van der Waals surface area (Å²) in [5, 5.41) is 12.5. The third-order valence-corrected chi connectivity index (χ3v) is 6.66.